The molecule has 2 amide bonds. The Bertz CT molecular complexity index is 863. The maximum atomic E-state index is 12.1. The third-order valence-corrected chi connectivity index (χ3v) is 4.18. The lowest BCUT2D eigenvalue weighted by Crippen LogP contribution is -2.38. The number of para-hydroxylation sites is 1. The van der Waals surface area contributed by atoms with Crippen LogP contribution in [0.3, 0.4) is 0 Å². The lowest BCUT2D eigenvalue weighted by molar-refractivity contribution is -0.274. The first-order valence-electron chi connectivity index (χ1n) is 7.39. The van der Waals surface area contributed by atoms with Gasteiger partial charge in [-0.05, 0) is 36.4 Å². The summed E-state index contributed by atoms with van der Waals surface area (Å²) in [6.07, 6.45) is -4.74. The van der Waals surface area contributed by atoms with Crippen LogP contribution in [0.4, 0.5) is 23.7 Å². The first kappa shape index (κ1) is 17.8. The van der Waals surface area contributed by atoms with Gasteiger partial charge in [-0.1, -0.05) is 12.1 Å². The molecule has 3 N–H and O–H groups in total. The Morgan fingerprint density at radius 2 is 1.85 bits per heavy atom. The molecule has 3 aromatic rings. The molecule has 1 heterocycles. The van der Waals surface area contributed by atoms with Crippen LogP contribution < -0.4 is 20.9 Å². The number of amides is 2. The van der Waals surface area contributed by atoms with Crippen LogP contribution in [0.15, 0.2) is 48.5 Å². The molecule has 3 rings (SSSR count). The zero-order chi connectivity index (χ0) is 18.6. The number of hydrogen-bond donors (Lipinski definition) is 3. The monoisotopic (exact) mass is 382 g/mol. The second kappa shape index (κ2) is 7.48. The Balaban J connectivity index is 1.46. The number of halogens is 3. The van der Waals surface area contributed by atoms with Crippen molar-refractivity contribution in [1.82, 2.24) is 15.7 Å². The van der Waals surface area contributed by atoms with Crippen molar-refractivity contribution in [3.8, 4) is 5.75 Å². The Kier molecular flexibility index (Phi) is 5.12. The molecule has 0 aliphatic rings. The van der Waals surface area contributed by atoms with Crippen molar-refractivity contribution in [3.63, 3.8) is 0 Å². The van der Waals surface area contributed by atoms with Gasteiger partial charge in [0.15, 0.2) is 0 Å². The number of aromatic nitrogens is 1. The number of benzene rings is 2. The van der Waals surface area contributed by atoms with E-state index in [1.807, 2.05) is 24.3 Å². The van der Waals surface area contributed by atoms with Gasteiger partial charge in [-0.25, -0.2) is 9.78 Å². The van der Waals surface area contributed by atoms with Crippen molar-refractivity contribution in [3.05, 3.63) is 53.5 Å². The van der Waals surface area contributed by atoms with Gasteiger partial charge in [-0.15, -0.1) is 24.5 Å². The van der Waals surface area contributed by atoms with Crippen LogP contribution in [0.2, 0.25) is 0 Å². The zero-order valence-electron chi connectivity index (χ0n) is 13.1. The summed E-state index contributed by atoms with van der Waals surface area (Å²) in [6.45, 7) is 0.255. The van der Waals surface area contributed by atoms with Crippen LogP contribution in [-0.4, -0.2) is 17.4 Å². The van der Waals surface area contributed by atoms with Crippen molar-refractivity contribution in [2.75, 3.05) is 5.43 Å². The van der Waals surface area contributed by atoms with E-state index in [0.29, 0.717) is 5.69 Å². The fourth-order valence-electron chi connectivity index (χ4n) is 2.06. The molecule has 0 fully saturated rings. The molecule has 0 unspecified atom stereocenters. The molecule has 2 aromatic carbocycles. The summed E-state index contributed by atoms with van der Waals surface area (Å²) in [5.41, 5.74) is 6.23. The standard InChI is InChI=1S/C16H13F3N4O2S/c17-16(18,19)25-11-7-5-10(6-8-11)22-23-15(24)20-9-14-21-12-3-1-2-4-13(12)26-14/h1-8,22H,9H2,(H2,20,23,24). The molecule has 0 saturated carbocycles. The molecule has 136 valence electrons. The van der Waals surface area contributed by atoms with Crippen molar-refractivity contribution in [2.24, 2.45) is 0 Å². The van der Waals surface area contributed by atoms with Gasteiger partial charge in [0, 0.05) is 0 Å². The Hall–Kier alpha value is -3.01. The summed E-state index contributed by atoms with van der Waals surface area (Å²) in [4.78, 5) is 16.2. The van der Waals surface area contributed by atoms with E-state index in [9.17, 15) is 18.0 Å². The van der Waals surface area contributed by atoms with Crippen LogP contribution in [0.5, 0.6) is 5.75 Å². The fourth-order valence-corrected chi connectivity index (χ4v) is 2.97. The highest BCUT2D eigenvalue weighted by molar-refractivity contribution is 7.18. The van der Waals surface area contributed by atoms with E-state index in [4.69, 9.17) is 0 Å². The Morgan fingerprint density at radius 1 is 1.12 bits per heavy atom. The largest absolute Gasteiger partial charge is 0.573 e. The van der Waals surface area contributed by atoms with Crippen LogP contribution in [0.1, 0.15) is 5.01 Å². The number of urea groups is 1. The second-order valence-corrected chi connectivity index (χ2v) is 6.20. The number of anilines is 1. The topological polar surface area (TPSA) is 75.3 Å². The van der Waals surface area contributed by atoms with E-state index in [-0.39, 0.29) is 12.3 Å². The Labute approximate surface area is 150 Å². The fraction of sp³-hybridized carbons (Fsp3) is 0.125. The van der Waals surface area contributed by atoms with E-state index in [1.165, 1.54) is 23.5 Å². The van der Waals surface area contributed by atoms with Gasteiger partial charge in [-0.2, -0.15) is 0 Å². The summed E-state index contributed by atoms with van der Waals surface area (Å²) < 4.78 is 41.0. The van der Waals surface area contributed by atoms with Crippen molar-refractivity contribution in [1.29, 1.82) is 0 Å². The summed E-state index contributed by atoms with van der Waals surface area (Å²) in [5, 5.41) is 3.39. The van der Waals surface area contributed by atoms with E-state index >= 15 is 0 Å². The highest BCUT2D eigenvalue weighted by atomic mass is 32.1. The summed E-state index contributed by atoms with van der Waals surface area (Å²) in [7, 11) is 0. The minimum Gasteiger partial charge on any atom is -0.406 e. The number of fused-ring (bicyclic) bond motifs is 1. The van der Waals surface area contributed by atoms with Crippen LogP contribution >= 0.6 is 11.3 Å². The average molecular weight is 382 g/mol. The first-order chi connectivity index (χ1) is 12.4. The number of ether oxygens (including phenoxy) is 1. The molecule has 1 aromatic heterocycles. The number of hydrazine groups is 1. The summed E-state index contributed by atoms with van der Waals surface area (Å²) in [6, 6.07) is 12.1. The van der Waals surface area contributed by atoms with Gasteiger partial charge in [-0.3, -0.25) is 10.9 Å². The summed E-state index contributed by atoms with van der Waals surface area (Å²) >= 11 is 1.48. The van der Waals surface area contributed by atoms with Crippen LogP contribution in [-0.2, 0) is 6.54 Å². The van der Waals surface area contributed by atoms with E-state index in [2.05, 4.69) is 25.9 Å². The minimum absolute atomic E-state index is 0.255. The number of hydrogen-bond acceptors (Lipinski definition) is 5. The third-order valence-electron chi connectivity index (χ3n) is 3.15. The average Bonchev–Trinajstić information content (AvgIpc) is 3.01. The summed E-state index contributed by atoms with van der Waals surface area (Å²) in [5.74, 6) is -0.344. The number of thiazole rings is 1. The maximum absolute atomic E-state index is 12.1. The van der Waals surface area contributed by atoms with Gasteiger partial charge in [0.1, 0.15) is 10.8 Å². The molecule has 0 radical (unpaired) electrons. The van der Waals surface area contributed by atoms with Crippen LogP contribution in [0, 0.1) is 0 Å². The molecule has 0 bridgehead atoms. The predicted molar refractivity (Wildman–Crippen MR) is 91.7 cm³/mol. The smallest absolute Gasteiger partial charge is 0.406 e. The normalized spacial score (nSPS) is 11.2. The van der Waals surface area contributed by atoms with Crippen LogP contribution in [0.25, 0.3) is 10.2 Å². The second-order valence-electron chi connectivity index (χ2n) is 5.08. The maximum Gasteiger partial charge on any atom is 0.573 e. The number of nitrogens with one attached hydrogen (secondary N) is 3. The molecule has 10 heteroatoms. The van der Waals surface area contributed by atoms with E-state index in [0.717, 1.165) is 27.4 Å². The lowest BCUT2D eigenvalue weighted by Gasteiger charge is -2.11. The van der Waals surface area contributed by atoms with E-state index in [1.54, 1.807) is 0 Å². The number of carbonyl (C=O) groups is 1. The van der Waals surface area contributed by atoms with Crippen molar-refractivity contribution in [2.45, 2.75) is 12.9 Å². The van der Waals surface area contributed by atoms with Crippen molar-refractivity contribution < 1.29 is 22.7 Å². The van der Waals surface area contributed by atoms with Gasteiger partial charge in [0.2, 0.25) is 0 Å². The lowest BCUT2D eigenvalue weighted by atomic mass is 10.3. The number of rotatable bonds is 5. The van der Waals surface area contributed by atoms with E-state index < -0.39 is 12.4 Å². The molecule has 0 spiro atoms. The molecule has 6 nitrogen and oxygen atoms in total. The van der Waals surface area contributed by atoms with Crippen molar-refractivity contribution >= 4 is 33.3 Å². The van der Waals surface area contributed by atoms with Gasteiger partial charge >= 0.3 is 12.4 Å². The first-order valence-corrected chi connectivity index (χ1v) is 8.21. The zero-order valence-corrected chi connectivity index (χ0v) is 13.9. The third kappa shape index (κ3) is 4.99. The number of alkyl halides is 3. The molecule has 0 aliphatic carbocycles. The SMILES string of the molecule is O=C(NCc1nc2ccccc2s1)NNc1ccc(OC(F)(F)F)cc1. The Morgan fingerprint density at radius 3 is 2.54 bits per heavy atom. The number of carbonyl (C=O) groups excluding carboxylic acids is 1. The van der Waals surface area contributed by atoms with Gasteiger partial charge in [0.25, 0.3) is 0 Å². The quantitative estimate of drug-likeness (QED) is 0.583. The molecular weight excluding hydrogens is 369 g/mol. The number of nitrogens with zero attached hydrogens (tertiary/aromatic N) is 1. The van der Waals surface area contributed by atoms with Gasteiger partial charge < -0.3 is 10.1 Å². The van der Waals surface area contributed by atoms with Gasteiger partial charge in [0.05, 0.1) is 22.4 Å². The molecule has 26 heavy (non-hydrogen) atoms. The molecule has 0 aliphatic heterocycles. The predicted octanol–water partition coefficient (Wildman–Crippen LogP) is 4.02. The highest BCUT2D eigenvalue weighted by Gasteiger charge is 2.30. The molecule has 0 atom stereocenters. The minimum atomic E-state index is -4.74. The molecule has 0 saturated heterocycles. The highest BCUT2D eigenvalue weighted by Crippen LogP contribution is 2.24. The molecular formula is C16H13F3N4O2S.